The molecule has 0 aromatic heterocycles. The number of anilines is 3. The molecule has 1 nitrogen and oxygen atoms in total. The summed E-state index contributed by atoms with van der Waals surface area (Å²) in [7, 11) is 0. The van der Waals surface area contributed by atoms with E-state index in [1.54, 1.807) is 0 Å². The lowest BCUT2D eigenvalue weighted by molar-refractivity contribution is 1.29. The van der Waals surface area contributed by atoms with E-state index in [2.05, 4.69) is 254 Å². The Morgan fingerprint density at radius 1 is 0.197 bits per heavy atom. The summed E-state index contributed by atoms with van der Waals surface area (Å²) in [4.78, 5) is 2.44. The topological polar surface area (TPSA) is 3.24 Å². The Kier molecular flexibility index (Phi) is 9.26. The first-order valence-electron chi connectivity index (χ1n) is 21.0. The van der Waals surface area contributed by atoms with Gasteiger partial charge in [-0.05, 0) is 125 Å². The normalized spacial score (nSPS) is 11.3. The van der Waals surface area contributed by atoms with Gasteiger partial charge in [0.05, 0.1) is 5.69 Å². The first-order chi connectivity index (χ1) is 30.3. The third-order valence-corrected chi connectivity index (χ3v) is 12.1. The summed E-state index contributed by atoms with van der Waals surface area (Å²) in [5.41, 5.74) is 15.2. The molecule has 0 unspecified atom stereocenters. The van der Waals surface area contributed by atoms with Crippen LogP contribution in [0.1, 0.15) is 0 Å². The minimum absolute atomic E-state index is 1.09. The summed E-state index contributed by atoms with van der Waals surface area (Å²) in [6.07, 6.45) is 0. The second kappa shape index (κ2) is 15.6. The van der Waals surface area contributed by atoms with Crippen molar-refractivity contribution in [1.29, 1.82) is 0 Å². The molecule has 0 spiro atoms. The van der Waals surface area contributed by atoms with Gasteiger partial charge in [-0.2, -0.15) is 0 Å². The van der Waals surface area contributed by atoms with Crippen molar-refractivity contribution >= 4 is 49.4 Å². The standard InChI is InChI=1S/C60H41N/c1-5-17-42(18-6-1)43-29-33-49(34-30-43)61(50-35-37-56-54-27-14-13-25-52(54)53-26-15-16-28-55(53)59(56)41-50)60-38-32-48(40-58(60)46-23-11-4-12-24-46)47-31-36-51(44-19-7-2-8-20-44)57(39-47)45-21-9-3-10-22-45/h1-41H. The van der Waals surface area contributed by atoms with Crippen LogP contribution in [0.5, 0.6) is 0 Å². The first kappa shape index (κ1) is 36.1. The van der Waals surface area contributed by atoms with Gasteiger partial charge in [-0.3, -0.25) is 0 Å². The van der Waals surface area contributed by atoms with Crippen molar-refractivity contribution in [1.82, 2.24) is 0 Å². The molecule has 0 atom stereocenters. The monoisotopic (exact) mass is 775 g/mol. The van der Waals surface area contributed by atoms with Gasteiger partial charge in [0, 0.05) is 16.9 Å². The Hall–Kier alpha value is -8.00. The van der Waals surface area contributed by atoms with E-state index < -0.39 is 0 Å². The predicted molar refractivity (Wildman–Crippen MR) is 261 cm³/mol. The molecule has 0 fully saturated rings. The van der Waals surface area contributed by atoms with Crippen molar-refractivity contribution in [3.8, 4) is 55.6 Å². The van der Waals surface area contributed by atoms with E-state index in [9.17, 15) is 0 Å². The maximum absolute atomic E-state index is 2.44. The van der Waals surface area contributed by atoms with Crippen molar-refractivity contribution in [2.75, 3.05) is 4.90 Å². The second-order valence-electron chi connectivity index (χ2n) is 15.7. The highest BCUT2D eigenvalue weighted by Crippen LogP contribution is 2.46. The highest BCUT2D eigenvalue weighted by molar-refractivity contribution is 6.25. The summed E-state index contributed by atoms with van der Waals surface area (Å²) in [5.74, 6) is 0. The number of rotatable bonds is 8. The second-order valence-corrected chi connectivity index (χ2v) is 15.7. The molecule has 0 bridgehead atoms. The molecule has 11 rings (SSSR count). The fourth-order valence-electron chi connectivity index (χ4n) is 9.10. The van der Waals surface area contributed by atoms with Gasteiger partial charge in [0.25, 0.3) is 0 Å². The highest BCUT2D eigenvalue weighted by Gasteiger charge is 2.21. The van der Waals surface area contributed by atoms with Crippen LogP contribution < -0.4 is 4.90 Å². The van der Waals surface area contributed by atoms with Gasteiger partial charge in [-0.1, -0.05) is 206 Å². The molecule has 286 valence electrons. The van der Waals surface area contributed by atoms with E-state index in [-0.39, 0.29) is 0 Å². The molecular formula is C60H41N. The summed E-state index contributed by atoms with van der Waals surface area (Å²) < 4.78 is 0. The molecule has 0 saturated heterocycles. The lowest BCUT2D eigenvalue weighted by Crippen LogP contribution is -2.11. The molecule has 11 aromatic carbocycles. The van der Waals surface area contributed by atoms with E-state index >= 15 is 0 Å². The van der Waals surface area contributed by atoms with Gasteiger partial charge in [-0.15, -0.1) is 0 Å². The fourth-order valence-corrected chi connectivity index (χ4v) is 9.10. The molecule has 0 radical (unpaired) electrons. The smallest absolute Gasteiger partial charge is 0.0540 e. The van der Waals surface area contributed by atoms with Crippen LogP contribution in [0.4, 0.5) is 17.1 Å². The average Bonchev–Trinajstić information content (AvgIpc) is 3.35. The van der Waals surface area contributed by atoms with Crippen molar-refractivity contribution in [3.63, 3.8) is 0 Å². The zero-order valence-corrected chi connectivity index (χ0v) is 33.6. The van der Waals surface area contributed by atoms with Crippen LogP contribution in [0.2, 0.25) is 0 Å². The zero-order chi connectivity index (χ0) is 40.5. The van der Waals surface area contributed by atoms with E-state index in [1.807, 2.05) is 0 Å². The lowest BCUT2D eigenvalue weighted by Gasteiger charge is -2.29. The largest absolute Gasteiger partial charge is 0.310 e. The summed E-state index contributed by atoms with van der Waals surface area (Å²) >= 11 is 0. The molecule has 0 aliphatic carbocycles. The highest BCUT2D eigenvalue weighted by atomic mass is 15.1. The minimum atomic E-state index is 1.09. The van der Waals surface area contributed by atoms with Crippen LogP contribution in [0.15, 0.2) is 249 Å². The van der Waals surface area contributed by atoms with Crippen LogP contribution in [0.3, 0.4) is 0 Å². The summed E-state index contributed by atoms with van der Waals surface area (Å²) in [6, 6.07) is 90.5. The Morgan fingerprint density at radius 2 is 0.574 bits per heavy atom. The van der Waals surface area contributed by atoms with E-state index in [0.717, 1.165) is 33.8 Å². The maximum atomic E-state index is 2.44. The Morgan fingerprint density at radius 3 is 1.13 bits per heavy atom. The molecule has 0 heterocycles. The van der Waals surface area contributed by atoms with Gasteiger partial charge >= 0.3 is 0 Å². The molecule has 0 saturated carbocycles. The van der Waals surface area contributed by atoms with Gasteiger partial charge in [0.1, 0.15) is 0 Å². The summed E-state index contributed by atoms with van der Waals surface area (Å²) in [5, 5.41) is 7.56. The van der Waals surface area contributed by atoms with Gasteiger partial charge in [0.15, 0.2) is 0 Å². The number of nitrogens with zero attached hydrogens (tertiary/aromatic N) is 1. The van der Waals surface area contributed by atoms with Gasteiger partial charge < -0.3 is 4.90 Å². The number of fused-ring (bicyclic) bond motifs is 6. The molecule has 1 heteroatoms. The van der Waals surface area contributed by atoms with E-state index in [4.69, 9.17) is 0 Å². The number of hydrogen-bond donors (Lipinski definition) is 0. The van der Waals surface area contributed by atoms with Gasteiger partial charge in [0.2, 0.25) is 0 Å². The SMILES string of the molecule is c1ccc(-c2ccc(N(c3ccc4c5ccccc5c5ccccc5c4c3)c3ccc(-c4ccc(-c5ccccc5)c(-c5ccccc5)c4)cc3-c3ccccc3)cc2)cc1. The average molecular weight is 776 g/mol. The molecular weight excluding hydrogens is 735 g/mol. The van der Waals surface area contributed by atoms with Crippen LogP contribution in [0.25, 0.3) is 88.0 Å². The first-order valence-corrected chi connectivity index (χ1v) is 21.0. The minimum Gasteiger partial charge on any atom is -0.310 e. The van der Waals surface area contributed by atoms with Crippen LogP contribution in [-0.2, 0) is 0 Å². The quantitative estimate of drug-likeness (QED) is 0.139. The molecule has 61 heavy (non-hydrogen) atoms. The molecule has 0 aliphatic heterocycles. The van der Waals surface area contributed by atoms with Crippen molar-refractivity contribution in [3.05, 3.63) is 249 Å². The third-order valence-electron chi connectivity index (χ3n) is 12.1. The Balaban J connectivity index is 1.13. The van der Waals surface area contributed by atoms with Crippen LogP contribution in [-0.4, -0.2) is 0 Å². The Labute approximate surface area is 357 Å². The van der Waals surface area contributed by atoms with Crippen LogP contribution in [0, 0.1) is 0 Å². The van der Waals surface area contributed by atoms with E-state index in [0.29, 0.717) is 0 Å². The molecule has 0 amide bonds. The zero-order valence-electron chi connectivity index (χ0n) is 33.6. The van der Waals surface area contributed by atoms with Gasteiger partial charge in [-0.25, -0.2) is 0 Å². The number of hydrogen-bond acceptors (Lipinski definition) is 1. The maximum Gasteiger partial charge on any atom is 0.0540 e. The molecule has 0 N–H and O–H groups in total. The van der Waals surface area contributed by atoms with Crippen molar-refractivity contribution in [2.24, 2.45) is 0 Å². The van der Waals surface area contributed by atoms with Crippen molar-refractivity contribution < 1.29 is 0 Å². The lowest BCUT2D eigenvalue weighted by atomic mass is 9.90. The predicted octanol–water partition coefficient (Wildman–Crippen LogP) is 17.0. The van der Waals surface area contributed by atoms with Crippen LogP contribution >= 0.6 is 0 Å². The summed E-state index contributed by atoms with van der Waals surface area (Å²) in [6.45, 7) is 0. The number of benzene rings is 11. The fraction of sp³-hybridized carbons (Fsp3) is 0. The third kappa shape index (κ3) is 6.73. The Bertz CT molecular complexity index is 3280. The molecule has 11 aromatic rings. The van der Waals surface area contributed by atoms with E-state index in [1.165, 1.54) is 71.3 Å². The molecule has 0 aliphatic rings. The van der Waals surface area contributed by atoms with Crippen molar-refractivity contribution in [2.45, 2.75) is 0 Å².